The Morgan fingerprint density at radius 2 is 1.60 bits per heavy atom. The predicted molar refractivity (Wildman–Crippen MR) is 84.9 cm³/mol. The van der Waals surface area contributed by atoms with E-state index in [0.29, 0.717) is 6.61 Å². The predicted octanol–water partition coefficient (Wildman–Crippen LogP) is 2.45. The molecular weight excluding hydrogens is 248 g/mol. The molecule has 0 amide bonds. The number of hydrogen-bond donors (Lipinski definition) is 1. The Kier molecular flexibility index (Phi) is 5.88. The van der Waals surface area contributed by atoms with Gasteiger partial charge in [-0.15, -0.1) is 0 Å². The van der Waals surface area contributed by atoms with Crippen molar-refractivity contribution in [2.24, 2.45) is 17.3 Å². The van der Waals surface area contributed by atoms with Crippen molar-refractivity contribution in [2.75, 3.05) is 45.9 Å². The van der Waals surface area contributed by atoms with Gasteiger partial charge in [-0.25, -0.2) is 0 Å². The van der Waals surface area contributed by atoms with Gasteiger partial charge < -0.3 is 14.9 Å². The zero-order chi connectivity index (χ0) is 14.6. The van der Waals surface area contributed by atoms with Gasteiger partial charge in [0.25, 0.3) is 0 Å². The first-order valence-electron chi connectivity index (χ1n) is 8.58. The fourth-order valence-electron chi connectivity index (χ4n) is 3.86. The number of piperazine rings is 1. The summed E-state index contributed by atoms with van der Waals surface area (Å²) in [7, 11) is 0. The summed E-state index contributed by atoms with van der Waals surface area (Å²) in [4.78, 5) is 5.19. The SMILES string of the molecule is CC(C)CN1CCN(CC2(CO)CCC(C)CC2)CC1. The lowest BCUT2D eigenvalue weighted by atomic mass is 9.71. The molecule has 2 aliphatic rings. The van der Waals surface area contributed by atoms with Crippen LogP contribution < -0.4 is 0 Å². The molecular formula is C17H34N2O. The second-order valence-electron chi connectivity index (χ2n) is 7.81. The van der Waals surface area contributed by atoms with Crippen LogP contribution in [0.4, 0.5) is 0 Å². The summed E-state index contributed by atoms with van der Waals surface area (Å²) < 4.78 is 0. The van der Waals surface area contributed by atoms with E-state index in [1.54, 1.807) is 0 Å². The minimum Gasteiger partial charge on any atom is -0.396 e. The van der Waals surface area contributed by atoms with Crippen LogP contribution in [-0.2, 0) is 0 Å². The fraction of sp³-hybridized carbons (Fsp3) is 1.00. The zero-order valence-electron chi connectivity index (χ0n) is 13.8. The van der Waals surface area contributed by atoms with Crippen LogP contribution in [0.3, 0.4) is 0 Å². The van der Waals surface area contributed by atoms with Gasteiger partial charge in [-0.1, -0.05) is 33.6 Å². The van der Waals surface area contributed by atoms with Crippen molar-refractivity contribution in [1.29, 1.82) is 0 Å². The van der Waals surface area contributed by atoms with Crippen LogP contribution in [0.1, 0.15) is 46.5 Å². The summed E-state index contributed by atoms with van der Waals surface area (Å²) in [5.41, 5.74) is 0.201. The van der Waals surface area contributed by atoms with Crippen LogP contribution in [0.25, 0.3) is 0 Å². The first kappa shape index (κ1) is 16.3. The molecule has 3 nitrogen and oxygen atoms in total. The molecule has 1 saturated carbocycles. The summed E-state index contributed by atoms with van der Waals surface area (Å²) in [6, 6.07) is 0. The van der Waals surface area contributed by atoms with Crippen molar-refractivity contribution < 1.29 is 5.11 Å². The van der Waals surface area contributed by atoms with E-state index in [2.05, 4.69) is 30.6 Å². The number of nitrogens with zero attached hydrogens (tertiary/aromatic N) is 2. The Labute approximate surface area is 125 Å². The molecule has 1 N–H and O–H groups in total. The molecule has 1 aliphatic heterocycles. The minimum absolute atomic E-state index is 0.201. The molecule has 0 bridgehead atoms. The van der Waals surface area contributed by atoms with Gasteiger partial charge in [0.1, 0.15) is 0 Å². The monoisotopic (exact) mass is 282 g/mol. The highest BCUT2D eigenvalue weighted by Gasteiger charge is 2.35. The Hall–Kier alpha value is -0.120. The number of hydrogen-bond acceptors (Lipinski definition) is 3. The van der Waals surface area contributed by atoms with Gasteiger partial charge >= 0.3 is 0 Å². The van der Waals surface area contributed by atoms with E-state index >= 15 is 0 Å². The van der Waals surface area contributed by atoms with Crippen molar-refractivity contribution in [2.45, 2.75) is 46.5 Å². The number of aliphatic hydroxyl groups is 1. The first-order valence-corrected chi connectivity index (χ1v) is 8.58. The van der Waals surface area contributed by atoms with Crippen LogP contribution in [0, 0.1) is 17.3 Å². The van der Waals surface area contributed by atoms with Crippen LogP contribution >= 0.6 is 0 Å². The fourth-order valence-corrected chi connectivity index (χ4v) is 3.86. The van der Waals surface area contributed by atoms with Crippen LogP contribution in [0.2, 0.25) is 0 Å². The number of aliphatic hydroxyl groups excluding tert-OH is 1. The van der Waals surface area contributed by atoms with Gasteiger partial charge in [-0.05, 0) is 24.7 Å². The highest BCUT2D eigenvalue weighted by atomic mass is 16.3. The van der Waals surface area contributed by atoms with Gasteiger partial charge in [-0.3, -0.25) is 0 Å². The van der Waals surface area contributed by atoms with E-state index in [9.17, 15) is 5.11 Å². The van der Waals surface area contributed by atoms with Crippen molar-refractivity contribution in [3.63, 3.8) is 0 Å². The van der Waals surface area contributed by atoms with Crippen molar-refractivity contribution in [1.82, 2.24) is 9.80 Å². The maximum absolute atomic E-state index is 9.89. The molecule has 1 saturated heterocycles. The van der Waals surface area contributed by atoms with Crippen LogP contribution in [-0.4, -0.2) is 60.8 Å². The van der Waals surface area contributed by atoms with Crippen molar-refractivity contribution in [3.05, 3.63) is 0 Å². The molecule has 0 aromatic rings. The third-order valence-corrected chi connectivity index (χ3v) is 5.32. The highest BCUT2D eigenvalue weighted by molar-refractivity contribution is 4.88. The third-order valence-electron chi connectivity index (χ3n) is 5.32. The van der Waals surface area contributed by atoms with E-state index in [1.807, 2.05) is 0 Å². The normalized spacial score (nSPS) is 33.8. The summed E-state index contributed by atoms with van der Waals surface area (Å²) >= 11 is 0. The summed E-state index contributed by atoms with van der Waals surface area (Å²) in [6.45, 7) is 14.5. The molecule has 20 heavy (non-hydrogen) atoms. The smallest absolute Gasteiger partial charge is 0.0499 e. The van der Waals surface area contributed by atoms with E-state index in [4.69, 9.17) is 0 Å². The maximum atomic E-state index is 9.89. The van der Waals surface area contributed by atoms with Gasteiger partial charge in [0.2, 0.25) is 0 Å². The lowest BCUT2D eigenvalue weighted by Crippen LogP contribution is -2.51. The third kappa shape index (κ3) is 4.44. The lowest BCUT2D eigenvalue weighted by Gasteiger charge is -2.44. The standard InChI is InChI=1S/C17H34N2O/c1-15(2)12-18-8-10-19(11-9-18)13-17(14-20)6-4-16(3)5-7-17/h15-16,20H,4-14H2,1-3H3. The molecule has 2 fully saturated rings. The maximum Gasteiger partial charge on any atom is 0.0499 e. The molecule has 1 heterocycles. The Morgan fingerprint density at radius 3 is 2.10 bits per heavy atom. The topological polar surface area (TPSA) is 26.7 Å². The Morgan fingerprint density at radius 1 is 1.05 bits per heavy atom. The Balaban J connectivity index is 1.79. The van der Waals surface area contributed by atoms with Gasteiger partial charge in [-0.2, -0.15) is 0 Å². The average molecular weight is 282 g/mol. The molecule has 0 unspecified atom stereocenters. The summed E-state index contributed by atoms with van der Waals surface area (Å²) in [6.07, 6.45) is 5.04. The molecule has 0 atom stereocenters. The molecule has 0 aromatic carbocycles. The van der Waals surface area contributed by atoms with Gasteiger partial charge in [0.05, 0.1) is 0 Å². The molecule has 1 aliphatic carbocycles. The quantitative estimate of drug-likeness (QED) is 0.839. The van der Waals surface area contributed by atoms with E-state index in [-0.39, 0.29) is 5.41 Å². The second-order valence-corrected chi connectivity index (χ2v) is 7.81. The molecule has 3 heteroatoms. The molecule has 0 spiro atoms. The van der Waals surface area contributed by atoms with Crippen molar-refractivity contribution in [3.8, 4) is 0 Å². The summed E-state index contributed by atoms with van der Waals surface area (Å²) in [5, 5.41) is 9.89. The Bertz CT molecular complexity index is 277. The van der Waals surface area contributed by atoms with E-state index in [0.717, 1.165) is 18.4 Å². The first-order chi connectivity index (χ1) is 9.53. The van der Waals surface area contributed by atoms with Gasteiger partial charge in [0.15, 0.2) is 0 Å². The zero-order valence-corrected chi connectivity index (χ0v) is 13.8. The largest absolute Gasteiger partial charge is 0.396 e. The molecule has 0 aromatic heterocycles. The molecule has 118 valence electrons. The second kappa shape index (κ2) is 7.24. The number of rotatable bonds is 5. The molecule has 2 rings (SSSR count). The van der Waals surface area contributed by atoms with Crippen molar-refractivity contribution >= 4 is 0 Å². The lowest BCUT2D eigenvalue weighted by molar-refractivity contribution is 0.0119. The molecule has 0 radical (unpaired) electrons. The van der Waals surface area contributed by atoms with Crippen LogP contribution in [0.15, 0.2) is 0 Å². The highest BCUT2D eigenvalue weighted by Crippen LogP contribution is 2.39. The summed E-state index contributed by atoms with van der Waals surface area (Å²) in [5.74, 6) is 1.63. The van der Waals surface area contributed by atoms with Crippen LogP contribution in [0.5, 0.6) is 0 Å². The van der Waals surface area contributed by atoms with Gasteiger partial charge in [0, 0.05) is 51.3 Å². The minimum atomic E-state index is 0.201. The average Bonchev–Trinajstić information content (AvgIpc) is 2.43. The van der Waals surface area contributed by atoms with E-state index in [1.165, 1.54) is 58.4 Å². The van der Waals surface area contributed by atoms with E-state index < -0.39 is 0 Å².